The van der Waals surface area contributed by atoms with Crippen molar-refractivity contribution in [3.63, 3.8) is 0 Å². The molecule has 0 amide bonds. The molecule has 3 aromatic rings. The topological polar surface area (TPSA) is 59.0 Å². The summed E-state index contributed by atoms with van der Waals surface area (Å²) in [6, 6.07) is 3.95. The average molecular weight is 416 g/mol. The molecular weight excluding hydrogens is 394 g/mol. The molecule has 4 rings (SSSR count). The maximum absolute atomic E-state index is 13.2. The van der Waals surface area contributed by atoms with Crippen molar-refractivity contribution in [1.29, 1.82) is 0 Å². The second-order valence-corrected chi connectivity index (χ2v) is 8.61. The Hall–Kier alpha value is -2.32. The van der Waals surface area contributed by atoms with Crippen LogP contribution in [0.25, 0.3) is 21.3 Å². The molecule has 0 spiro atoms. The fraction of sp³-hybridized carbons (Fsp3) is 0.429. The van der Waals surface area contributed by atoms with Crippen LogP contribution in [0.5, 0.6) is 0 Å². The van der Waals surface area contributed by atoms with Crippen LogP contribution in [-0.4, -0.2) is 51.2 Å². The Morgan fingerprint density at radius 3 is 2.69 bits per heavy atom. The third-order valence-electron chi connectivity index (χ3n) is 5.24. The summed E-state index contributed by atoms with van der Waals surface area (Å²) in [7, 11) is 0. The predicted octanol–water partition coefficient (Wildman–Crippen LogP) is 4.23. The Morgan fingerprint density at radius 2 is 2.00 bits per heavy atom. The highest BCUT2D eigenvalue weighted by Crippen LogP contribution is 2.26. The number of ketones is 1. The van der Waals surface area contributed by atoms with Gasteiger partial charge in [-0.1, -0.05) is 0 Å². The second-order valence-electron chi connectivity index (χ2n) is 7.72. The molecule has 4 heterocycles. The summed E-state index contributed by atoms with van der Waals surface area (Å²) >= 11 is 1.55. The summed E-state index contributed by atoms with van der Waals surface area (Å²) in [5.41, 5.74) is 4.27. The molecule has 0 saturated carbocycles. The van der Waals surface area contributed by atoms with Crippen molar-refractivity contribution in [2.24, 2.45) is 5.92 Å². The minimum Gasteiger partial charge on any atom is -0.299 e. The van der Waals surface area contributed by atoms with E-state index in [-0.39, 0.29) is 24.7 Å². The highest BCUT2D eigenvalue weighted by Gasteiger charge is 2.30. The Balaban J connectivity index is 1.42. The lowest BCUT2D eigenvalue weighted by atomic mass is 9.90. The number of fused-ring (bicyclic) bond motifs is 1. The van der Waals surface area contributed by atoms with Gasteiger partial charge in [-0.05, 0) is 38.1 Å². The van der Waals surface area contributed by atoms with Gasteiger partial charge in [0.05, 0.1) is 28.6 Å². The number of carbonyl (C=O) groups is 1. The zero-order chi connectivity index (χ0) is 20.4. The van der Waals surface area contributed by atoms with Crippen LogP contribution in [-0.2, 0) is 11.2 Å². The van der Waals surface area contributed by atoms with Crippen LogP contribution in [0.3, 0.4) is 0 Å². The normalized spacial score (nSPS) is 16.4. The molecule has 1 saturated heterocycles. The van der Waals surface area contributed by atoms with Crippen LogP contribution in [0.4, 0.5) is 8.78 Å². The Morgan fingerprint density at radius 1 is 1.21 bits per heavy atom. The molecule has 1 aliphatic rings. The number of piperidine rings is 1. The molecule has 29 heavy (non-hydrogen) atoms. The molecule has 0 bridgehead atoms. The maximum Gasteiger partial charge on any atom is 0.257 e. The Kier molecular flexibility index (Phi) is 5.65. The average Bonchev–Trinajstić information content (AvgIpc) is 3.21. The third-order valence-corrected chi connectivity index (χ3v) is 6.06. The van der Waals surface area contributed by atoms with Crippen LogP contribution >= 0.6 is 11.3 Å². The predicted molar refractivity (Wildman–Crippen MR) is 109 cm³/mol. The van der Waals surface area contributed by atoms with Gasteiger partial charge in [-0.2, -0.15) is 0 Å². The van der Waals surface area contributed by atoms with Crippen molar-refractivity contribution >= 4 is 28.0 Å². The molecule has 152 valence electrons. The number of pyridine rings is 2. The van der Waals surface area contributed by atoms with E-state index in [0.717, 1.165) is 28.3 Å². The van der Waals surface area contributed by atoms with E-state index in [1.54, 1.807) is 40.3 Å². The summed E-state index contributed by atoms with van der Waals surface area (Å²) in [4.78, 5) is 28.4. The fourth-order valence-electron chi connectivity index (χ4n) is 3.79. The summed E-state index contributed by atoms with van der Waals surface area (Å²) in [6.45, 7) is 1.76. The highest BCUT2D eigenvalue weighted by atomic mass is 32.1. The summed E-state index contributed by atoms with van der Waals surface area (Å²) in [5.74, 6) is -2.65. The van der Waals surface area contributed by atoms with E-state index in [9.17, 15) is 13.6 Å². The maximum atomic E-state index is 13.2. The molecule has 0 unspecified atom stereocenters. The zero-order valence-electron chi connectivity index (χ0n) is 16.1. The standard InChI is InChI=1S/C21H22F2N4OS/c1-21(22,23)12-27-4-2-14(3-5-27)19(28)8-17-7-15-6-16(20-11-24-13-29-20)9-26-18(15)10-25-17/h6-7,9-11,13-14H,2-5,8,12H2,1H3. The van der Waals surface area contributed by atoms with E-state index in [1.807, 2.05) is 12.1 Å². The van der Waals surface area contributed by atoms with Gasteiger partial charge in [-0.3, -0.25) is 24.6 Å². The number of rotatable bonds is 6. The summed E-state index contributed by atoms with van der Waals surface area (Å²) < 4.78 is 26.3. The molecule has 3 aromatic heterocycles. The van der Waals surface area contributed by atoms with E-state index in [2.05, 4.69) is 15.0 Å². The first-order chi connectivity index (χ1) is 13.9. The van der Waals surface area contributed by atoms with Crippen LogP contribution in [0, 0.1) is 5.92 Å². The number of likely N-dealkylation sites (tertiary alicyclic amines) is 1. The summed E-state index contributed by atoms with van der Waals surface area (Å²) in [6.07, 6.45) is 6.81. The summed E-state index contributed by atoms with van der Waals surface area (Å²) in [5, 5.41) is 0.939. The van der Waals surface area contributed by atoms with Gasteiger partial charge in [0.1, 0.15) is 5.78 Å². The van der Waals surface area contributed by atoms with E-state index in [4.69, 9.17) is 0 Å². The van der Waals surface area contributed by atoms with Crippen LogP contribution < -0.4 is 0 Å². The first kappa shape index (κ1) is 20.0. The highest BCUT2D eigenvalue weighted by molar-refractivity contribution is 7.13. The van der Waals surface area contributed by atoms with Crippen LogP contribution in [0.1, 0.15) is 25.5 Å². The van der Waals surface area contributed by atoms with Crippen molar-refractivity contribution in [3.8, 4) is 10.4 Å². The zero-order valence-corrected chi connectivity index (χ0v) is 17.0. The molecule has 0 aliphatic carbocycles. The minimum absolute atomic E-state index is 0.0872. The first-order valence-electron chi connectivity index (χ1n) is 9.64. The molecule has 0 atom stereocenters. The number of aromatic nitrogens is 3. The van der Waals surface area contributed by atoms with Gasteiger partial charge in [-0.15, -0.1) is 11.3 Å². The SMILES string of the molecule is CC(F)(F)CN1CCC(C(=O)Cc2cc3cc(-c4cncs4)cnc3cn2)CC1. The van der Waals surface area contributed by atoms with Gasteiger partial charge < -0.3 is 0 Å². The van der Waals surface area contributed by atoms with Crippen LogP contribution in [0.15, 0.2) is 36.2 Å². The lowest BCUT2D eigenvalue weighted by Gasteiger charge is -2.32. The Labute approximate surface area is 171 Å². The van der Waals surface area contributed by atoms with E-state index < -0.39 is 5.92 Å². The smallest absolute Gasteiger partial charge is 0.257 e. The molecular formula is C21H22F2N4OS. The monoisotopic (exact) mass is 416 g/mol. The van der Waals surface area contributed by atoms with Crippen molar-refractivity contribution in [2.75, 3.05) is 19.6 Å². The van der Waals surface area contributed by atoms with E-state index in [1.165, 1.54) is 0 Å². The lowest BCUT2D eigenvalue weighted by Crippen LogP contribution is -2.42. The van der Waals surface area contributed by atoms with E-state index in [0.29, 0.717) is 31.6 Å². The number of nitrogens with zero attached hydrogens (tertiary/aromatic N) is 4. The lowest BCUT2D eigenvalue weighted by molar-refractivity contribution is -0.124. The first-order valence-corrected chi connectivity index (χ1v) is 10.5. The van der Waals surface area contributed by atoms with Gasteiger partial charge in [0.15, 0.2) is 0 Å². The molecule has 0 N–H and O–H groups in total. The number of carbonyl (C=O) groups excluding carboxylic acids is 1. The van der Waals surface area contributed by atoms with Gasteiger partial charge in [0, 0.05) is 48.3 Å². The van der Waals surface area contributed by atoms with Gasteiger partial charge in [0.2, 0.25) is 0 Å². The second kappa shape index (κ2) is 8.20. The largest absolute Gasteiger partial charge is 0.299 e. The number of hydrogen-bond donors (Lipinski definition) is 0. The van der Waals surface area contributed by atoms with Crippen molar-refractivity contribution in [1.82, 2.24) is 19.9 Å². The molecule has 1 fully saturated rings. The van der Waals surface area contributed by atoms with Crippen LogP contribution in [0.2, 0.25) is 0 Å². The van der Waals surface area contributed by atoms with Gasteiger partial charge in [0.25, 0.3) is 5.92 Å². The molecule has 0 radical (unpaired) electrons. The molecule has 5 nitrogen and oxygen atoms in total. The van der Waals surface area contributed by atoms with Gasteiger partial charge >= 0.3 is 0 Å². The number of alkyl halides is 2. The van der Waals surface area contributed by atoms with Crippen molar-refractivity contribution < 1.29 is 13.6 Å². The minimum atomic E-state index is -2.70. The van der Waals surface area contributed by atoms with E-state index >= 15 is 0 Å². The van der Waals surface area contributed by atoms with Crippen molar-refractivity contribution in [3.05, 3.63) is 41.9 Å². The number of Topliss-reactive ketones (excluding diaryl/α,β-unsaturated/α-hetero) is 1. The third kappa shape index (κ3) is 5.00. The number of hydrogen-bond acceptors (Lipinski definition) is 6. The fourth-order valence-corrected chi connectivity index (χ4v) is 4.40. The molecule has 1 aliphatic heterocycles. The number of thiazole rings is 1. The van der Waals surface area contributed by atoms with Gasteiger partial charge in [-0.25, -0.2) is 8.78 Å². The molecule has 0 aromatic carbocycles. The van der Waals surface area contributed by atoms with Crippen molar-refractivity contribution in [2.45, 2.75) is 32.1 Å². The number of halogens is 2. The Bertz CT molecular complexity index is 996. The molecule has 8 heteroatoms. The quantitative estimate of drug-likeness (QED) is 0.602.